The SMILES string of the molecule is O=C1NN(c2ccccc2)C(=O)/C1=C\c1cc(Cl)cc([N+](=O)[O-])c1Oc1ccc([N+](=O)[O-])cn1. The summed E-state index contributed by atoms with van der Waals surface area (Å²) in [5.74, 6) is -1.99. The molecule has 0 unspecified atom stereocenters. The van der Waals surface area contributed by atoms with Crippen LogP contribution in [0.3, 0.4) is 0 Å². The van der Waals surface area contributed by atoms with E-state index in [1.807, 2.05) is 0 Å². The van der Waals surface area contributed by atoms with E-state index in [4.69, 9.17) is 16.3 Å². The molecule has 1 saturated heterocycles. The second-order valence-electron chi connectivity index (χ2n) is 6.79. The molecule has 1 aliphatic rings. The first kappa shape index (κ1) is 22.4. The number of nitro groups is 2. The number of nitro benzene ring substituents is 1. The largest absolute Gasteiger partial charge is 0.431 e. The van der Waals surface area contributed by atoms with Crippen molar-refractivity contribution in [3.63, 3.8) is 0 Å². The number of benzene rings is 2. The number of pyridine rings is 1. The Morgan fingerprint density at radius 3 is 2.38 bits per heavy atom. The monoisotopic (exact) mass is 481 g/mol. The van der Waals surface area contributed by atoms with E-state index in [1.54, 1.807) is 30.3 Å². The van der Waals surface area contributed by atoms with Crippen LogP contribution in [0.25, 0.3) is 6.08 Å². The third-order valence-corrected chi connectivity index (χ3v) is 4.82. The Morgan fingerprint density at radius 2 is 1.76 bits per heavy atom. The van der Waals surface area contributed by atoms with Gasteiger partial charge in [0.05, 0.1) is 15.5 Å². The first-order chi connectivity index (χ1) is 16.2. The minimum atomic E-state index is -0.762. The van der Waals surface area contributed by atoms with Gasteiger partial charge in [-0.05, 0) is 24.3 Å². The summed E-state index contributed by atoms with van der Waals surface area (Å²) < 4.78 is 5.55. The van der Waals surface area contributed by atoms with Crippen LogP contribution in [0.1, 0.15) is 5.56 Å². The molecule has 0 aliphatic carbocycles. The fourth-order valence-corrected chi connectivity index (χ4v) is 3.29. The molecule has 0 saturated carbocycles. The lowest BCUT2D eigenvalue weighted by molar-refractivity contribution is -0.385. The van der Waals surface area contributed by atoms with E-state index in [2.05, 4.69) is 10.4 Å². The van der Waals surface area contributed by atoms with Crippen LogP contribution in [-0.4, -0.2) is 26.6 Å². The summed E-state index contributed by atoms with van der Waals surface area (Å²) in [6, 6.07) is 12.9. The maximum Gasteiger partial charge on any atom is 0.313 e. The second kappa shape index (κ2) is 8.96. The van der Waals surface area contributed by atoms with Gasteiger partial charge in [-0.2, -0.15) is 0 Å². The van der Waals surface area contributed by atoms with Gasteiger partial charge in [-0.1, -0.05) is 29.8 Å². The summed E-state index contributed by atoms with van der Waals surface area (Å²) in [6.07, 6.45) is 2.03. The van der Waals surface area contributed by atoms with E-state index in [9.17, 15) is 29.8 Å². The predicted molar refractivity (Wildman–Crippen MR) is 119 cm³/mol. The molecule has 1 fully saturated rings. The van der Waals surface area contributed by atoms with Crippen molar-refractivity contribution in [2.24, 2.45) is 0 Å². The number of rotatable bonds is 6. The third-order valence-electron chi connectivity index (χ3n) is 4.60. The number of hydrogen-bond acceptors (Lipinski definition) is 8. The van der Waals surface area contributed by atoms with Crippen molar-refractivity contribution in [3.05, 3.63) is 97.2 Å². The van der Waals surface area contributed by atoms with E-state index < -0.39 is 27.3 Å². The number of anilines is 1. The minimum Gasteiger partial charge on any atom is -0.431 e. The van der Waals surface area contributed by atoms with Crippen LogP contribution in [0.15, 0.2) is 66.4 Å². The van der Waals surface area contributed by atoms with Crippen molar-refractivity contribution in [1.82, 2.24) is 10.4 Å². The Kier molecular flexibility index (Phi) is 5.89. The van der Waals surface area contributed by atoms with Gasteiger partial charge in [-0.3, -0.25) is 35.2 Å². The van der Waals surface area contributed by atoms with Crippen molar-refractivity contribution >= 4 is 46.6 Å². The smallest absolute Gasteiger partial charge is 0.313 e. The van der Waals surface area contributed by atoms with Crippen LogP contribution in [-0.2, 0) is 9.59 Å². The Labute approximate surface area is 195 Å². The molecule has 170 valence electrons. The lowest BCUT2D eigenvalue weighted by Crippen LogP contribution is -2.35. The number of nitrogens with zero attached hydrogens (tertiary/aromatic N) is 4. The first-order valence-corrected chi connectivity index (χ1v) is 9.81. The van der Waals surface area contributed by atoms with E-state index in [0.717, 1.165) is 35.5 Å². The van der Waals surface area contributed by atoms with Gasteiger partial charge in [0.25, 0.3) is 17.5 Å². The van der Waals surface area contributed by atoms with Gasteiger partial charge in [-0.15, -0.1) is 0 Å². The fourth-order valence-electron chi connectivity index (χ4n) is 3.07. The highest BCUT2D eigenvalue weighted by Crippen LogP contribution is 2.39. The molecule has 2 aromatic carbocycles. The summed E-state index contributed by atoms with van der Waals surface area (Å²) in [4.78, 5) is 50.2. The highest BCUT2D eigenvalue weighted by Gasteiger charge is 2.35. The predicted octanol–water partition coefficient (Wildman–Crippen LogP) is 3.81. The van der Waals surface area contributed by atoms with E-state index in [0.29, 0.717) is 5.69 Å². The lowest BCUT2D eigenvalue weighted by Gasteiger charge is -2.14. The van der Waals surface area contributed by atoms with Crippen LogP contribution in [0.5, 0.6) is 11.6 Å². The Bertz CT molecular complexity index is 1360. The van der Waals surface area contributed by atoms with Gasteiger partial charge in [0.15, 0.2) is 0 Å². The maximum atomic E-state index is 12.9. The average Bonchev–Trinajstić information content (AvgIpc) is 3.09. The normalized spacial score (nSPS) is 14.3. The van der Waals surface area contributed by atoms with Crippen LogP contribution in [0.4, 0.5) is 17.1 Å². The molecule has 2 amide bonds. The maximum absolute atomic E-state index is 12.9. The van der Waals surface area contributed by atoms with E-state index >= 15 is 0 Å². The van der Waals surface area contributed by atoms with Crippen molar-refractivity contribution in [2.45, 2.75) is 0 Å². The number of ether oxygens (including phenoxy) is 1. The number of carbonyl (C=O) groups is 2. The molecule has 0 spiro atoms. The molecule has 3 aromatic rings. The van der Waals surface area contributed by atoms with Gasteiger partial charge in [0.1, 0.15) is 11.8 Å². The second-order valence-corrected chi connectivity index (χ2v) is 7.23. The summed E-state index contributed by atoms with van der Waals surface area (Å²) in [5.41, 5.74) is 1.59. The summed E-state index contributed by atoms with van der Waals surface area (Å²) >= 11 is 6.03. The summed E-state index contributed by atoms with van der Waals surface area (Å²) in [6.45, 7) is 0. The molecule has 0 radical (unpaired) electrons. The van der Waals surface area contributed by atoms with Crippen molar-refractivity contribution in [3.8, 4) is 11.6 Å². The van der Waals surface area contributed by atoms with E-state index in [-0.39, 0.29) is 33.5 Å². The minimum absolute atomic E-state index is 0.0478. The summed E-state index contributed by atoms with van der Waals surface area (Å²) in [5, 5.41) is 23.5. The Balaban J connectivity index is 1.77. The van der Waals surface area contributed by atoms with Gasteiger partial charge in [0, 0.05) is 28.8 Å². The molecule has 12 nitrogen and oxygen atoms in total. The van der Waals surface area contributed by atoms with Crippen molar-refractivity contribution < 1.29 is 24.2 Å². The number of amides is 2. The van der Waals surface area contributed by atoms with Gasteiger partial charge >= 0.3 is 5.69 Å². The third kappa shape index (κ3) is 4.38. The van der Waals surface area contributed by atoms with Crippen LogP contribution >= 0.6 is 11.6 Å². The molecule has 2 heterocycles. The van der Waals surface area contributed by atoms with Crippen LogP contribution < -0.4 is 15.2 Å². The molecule has 1 aromatic heterocycles. The highest BCUT2D eigenvalue weighted by atomic mass is 35.5. The zero-order valence-corrected chi connectivity index (χ0v) is 17.6. The number of hydrazine groups is 1. The number of hydrogen-bond donors (Lipinski definition) is 1. The van der Waals surface area contributed by atoms with Crippen molar-refractivity contribution in [1.29, 1.82) is 0 Å². The molecule has 0 atom stereocenters. The Hall–Kier alpha value is -4.84. The zero-order chi connectivity index (χ0) is 24.4. The van der Waals surface area contributed by atoms with Gasteiger partial charge < -0.3 is 4.74 Å². The zero-order valence-electron chi connectivity index (χ0n) is 16.9. The molecule has 13 heteroatoms. The Morgan fingerprint density at radius 1 is 1.03 bits per heavy atom. The van der Waals surface area contributed by atoms with Crippen LogP contribution in [0, 0.1) is 20.2 Å². The number of nitrogens with one attached hydrogen (secondary N) is 1. The lowest BCUT2D eigenvalue weighted by atomic mass is 10.1. The quantitative estimate of drug-likeness (QED) is 0.241. The number of aromatic nitrogens is 1. The number of carbonyl (C=O) groups excluding carboxylic acids is 2. The molecule has 1 N–H and O–H groups in total. The van der Waals surface area contributed by atoms with Gasteiger partial charge in [-0.25, -0.2) is 9.99 Å². The molecule has 0 bridgehead atoms. The summed E-state index contributed by atoms with van der Waals surface area (Å²) in [7, 11) is 0. The molecular weight excluding hydrogens is 470 g/mol. The first-order valence-electron chi connectivity index (χ1n) is 9.43. The standard InChI is InChI=1S/C21H12ClN5O7/c22-13-8-12(9-16-20(28)24-25(21(16)29)14-4-2-1-3-5-14)19(17(10-13)27(32)33)34-18-7-6-15(11-23-18)26(30)31/h1-11H,(H,24,28)/b16-9-. The van der Waals surface area contributed by atoms with E-state index in [1.165, 1.54) is 6.07 Å². The highest BCUT2D eigenvalue weighted by molar-refractivity contribution is 6.32. The number of halogens is 1. The molecule has 4 rings (SSSR count). The average molecular weight is 482 g/mol. The molecular formula is C21H12ClN5O7. The van der Waals surface area contributed by atoms with Crippen LogP contribution in [0.2, 0.25) is 5.02 Å². The van der Waals surface area contributed by atoms with Gasteiger partial charge in [0.2, 0.25) is 11.6 Å². The van der Waals surface area contributed by atoms with Crippen molar-refractivity contribution in [2.75, 3.05) is 5.01 Å². The molecule has 1 aliphatic heterocycles. The fraction of sp³-hybridized carbons (Fsp3) is 0. The molecule has 34 heavy (non-hydrogen) atoms. The number of para-hydroxylation sites is 1. The topological polar surface area (TPSA) is 158 Å².